The lowest BCUT2D eigenvalue weighted by Gasteiger charge is -2.20. The van der Waals surface area contributed by atoms with Gasteiger partial charge in [-0.3, -0.25) is 4.79 Å². The van der Waals surface area contributed by atoms with Crippen molar-refractivity contribution in [3.63, 3.8) is 0 Å². The van der Waals surface area contributed by atoms with E-state index in [0.29, 0.717) is 31.5 Å². The maximum atomic E-state index is 13.4. The molecule has 0 bridgehead atoms. The maximum Gasteiger partial charge on any atom is 0.317 e. The monoisotopic (exact) mass is 294 g/mol. The standard InChI is InChI=1S/C15H19FN2O3/c1-15(13(19)20)7-9-18(10-15)14(21)17-8-6-11-4-2-3-5-12(11)16/h2-5H,6-10H2,1H3,(H,17,21)(H,19,20). The molecule has 1 aliphatic rings. The van der Waals surface area contributed by atoms with Crippen LogP contribution in [0.2, 0.25) is 0 Å². The quantitative estimate of drug-likeness (QED) is 0.890. The van der Waals surface area contributed by atoms with Gasteiger partial charge in [0.2, 0.25) is 0 Å². The van der Waals surface area contributed by atoms with E-state index in [1.807, 2.05) is 0 Å². The summed E-state index contributed by atoms with van der Waals surface area (Å²) in [6, 6.07) is 6.14. The average Bonchev–Trinajstić information content (AvgIpc) is 2.85. The van der Waals surface area contributed by atoms with Crippen LogP contribution in [0.3, 0.4) is 0 Å². The van der Waals surface area contributed by atoms with Crippen molar-refractivity contribution in [1.29, 1.82) is 0 Å². The number of carbonyl (C=O) groups excluding carboxylic acids is 1. The van der Waals surface area contributed by atoms with Gasteiger partial charge in [0.15, 0.2) is 0 Å². The third kappa shape index (κ3) is 3.51. The van der Waals surface area contributed by atoms with Gasteiger partial charge in [0, 0.05) is 19.6 Å². The number of carboxylic acid groups (broad SMARTS) is 1. The summed E-state index contributed by atoms with van der Waals surface area (Å²) < 4.78 is 13.4. The van der Waals surface area contributed by atoms with Crippen LogP contribution in [0.5, 0.6) is 0 Å². The molecule has 2 amide bonds. The molecule has 6 heteroatoms. The van der Waals surface area contributed by atoms with Crippen molar-refractivity contribution >= 4 is 12.0 Å². The van der Waals surface area contributed by atoms with E-state index in [0.717, 1.165) is 0 Å². The largest absolute Gasteiger partial charge is 0.481 e. The molecule has 0 radical (unpaired) electrons. The van der Waals surface area contributed by atoms with Gasteiger partial charge in [-0.1, -0.05) is 18.2 Å². The van der Waals surface area contributed by atoms with Crippen molar-refractivity contribution < 1.29 is 19.1 Å². The Balaban J connectivity index is 1.81. The van der Waals surface area contributed by atoms with Crippen LogP contribution in [-0.2, 0) is 11.2 Å². The van der Waals surface area contributed by atoms with Crippen LogP contribution in [-0.4, -0.2) is 41.6 Å². The zero-order valence-electron chi connectivity index (χ0n) is 11.9. The van der Waals surface area contributed by atoms with E-state index in [1.54, 1.807) is 25.1 Å². The number of urea groups is 1. The van der Waals surface area contributed by atoms with E-state index < -0.39 is 11.4 Å². The Labute approximate surface area is 122 Å². The van der Waals surface area contributed by atoms with Crippen LogP contribution < -0.4 is 5.32 Å². The molecule has 114 valence electrons. The number of halogens is 1. The van der Waals surface area contributed by atoms with Crippen LogP contribution in [0.1, 0.15) is 18.9 Å². The Hall–Kier alpha value is -2.11. The summed E-state index contributed by atoms with van der Waals surface area (Å²) in [6.45, 7) is 2.59. The van der Waals surface area contributed by atoms with Gasteiger partial charge in [0.05, 0.1) is 5.41 Å². The van der Waals surface area contributed by atoms with Crippen LogP contribution in [0, 0.1) is 11.2 Å². The topological polar surface area (TPSA) is 69.6 Å². The summed E-state index contributed by atoms with van der Waals surface area (Å²) in [5.74, 6) is -1.17. The lowest BCUT2D eigenvalue weighted by molar-refractivity contribution is -0.146. The molecule has 21 heavy (non-hydrogen) atoms. The maximum absolute atomic E-state index is 13.4. The third-order valence-electron chi connectivity index (χ3n) is 3.91. The molecule has 0 saturated carbocycles. The molecule has 0 aliphatic carbocycles. The second-order valence-electron chi connectivity index (χ2n) is 5.61. The first-order valence-electron chi connectivity index (χ1n) is 6.92. The number of likely N-dealkylation sites (tertiary alicyclic amines) is 1. The van der Waals surface area contributed by atoms with Crippen LogP contribution in [0.25, 0.3) is 0 Å². The van der Waals surface area contributed by atoms with Crippen molar-refractivity contribution in [1.82, 2.24) is 10.2 Å². The van der Waals surface area contributed by atoms with Gasteiger partial charge in [0.25, 0.3) is 0 Å². The van der Waals surface area contributed by atoms with Crippen molar-refractivity contribution in [2.75, 3.05) is 19.6 Å². The molecule has 1 heterocycles. The summed E-state index contributed by atoms with van der Waals surface area (Å²) >= 11 is 0. The fourth-order valence-corrected chi connectivity index (χ4v) is 2.43. The number of aliphatic carboxylic acids is 1. The van der Waals surface area contributed by atoms with Gasteiger partial charge in [-0.2, -0.15) is 0 Å². The molecule has 1 aliphatic heterocycles. The van der Waals surface area contributed by atoms with E-state index in [-0.39, 0.29) is 18.4 Å². The Morgan fingerprint density at radius 3 is 2.76 bits per heavy atom. The minimum absolute atomic E-state index is 0.202. The molecule has 1 unspecified atom stereocenters. The van der Waals surface area contributed by atoms with Crippen molar-refractivity contribution in [3.05, 3.63) is 35.6 Å². The predicted molar refractivity (Wildman–Crippen MR) is 75.4 cm³/mol. The first-order chi connectivity index (χ1) is 9.92. The Bertz CT molecular complexity index is 549. The fraction of sp³-hybridized carbons (Fsp3) is 0.467. The number of carboxylic acids is 1. The number of rotatable bonds is 4. The van der Waals surface area contributed by atoms with E-state index in [1.165, 1.54) is 11.0 Å². The summed E-state index contributed by atoms with van der Waals surface area (Å²) in [5, 5.41) is 11.8. The van der Waals surface area contributed by atoms with E-state index in [4.69, 9.17) is 5.11 Å². The molecule has 5 nitrogen and oxygen atoms in total. The Morgan fingerprint density at radius 2 is 2.14 bits per heavy atom. The van der Waals surface area contributed by atoms with Gasteiger partial charge in [-0.25, -0.2) is 9.18 Å². The molecular formula is C15H19FN2O3. The predicted octanol–water partition coefficient (Wildman–Crippen LogP) is 1.87. The molecule has 0 spiro atoms. The number of benzene rings is 1. The fourth-order valence-electron chi connectivity index (χ4n) is 2.43. The molecular weight excluding hydrogens is 275 g/mol. The normalized spacial score (nSPS) is 21.3. The van der Waals surface area contributed by atoms with Gasteiger partial charge in [-0.05, 0) is 31.4 Å². The molecule has 1 aromatic carbocycles. The summed E-state index contributed by atoms with van der Waals surface area (Å²) in [5.41, 5.74) is -0.322. The lowest BCUT2D eigenvalue weighted by atomic mass is 9.90. The highest BCUT2D eigenvalue weighted by Gasteiger charge is 2.42. The van der Waals surface area contributed by atoms with E-state index in [2.05, 4.69) is 5.32 Å². The third-order valence-corrected chi connectivity index (χ3v) is 3.91. The van der Waals surface area contributed by atoms with Crippen LogP contribution in [0.4, 0.5) is 9.18 Å². The summed E-state index contributed by atoms with van der Waals surface area (Å²) in [6.07, 6.45) is 0.853. The molecule has 1 saturated heterocycles. The second kappa shape index (κ2) is 6.11. The van der Waals surface area contributed by atoms with E-state index in [9.17, 15) is 14.0 Å². The second-order valence-corrected chi connectivity index (χ2v) is 5.61. The SMILES string of the molecule is CC1(C(=O)O)CCN(C(=O)NCCc2ccccc2F)C1. The smallest absolute Gasteiger partial charge is 0.317 e. The molecule has 1 atom stereocenters. The molecule has 1 fully saturated rings. The number of nitrogens with zero attached hydrogens (tertiary/aromatic N) is 1. The number of amides is 2. The highest BCUT2D eigenvalue weighted by molar-refractivity contribution is 5.79. The molecule has 1 aromatic rings. The number of nitrogens with one attached hydrogen (secondary N) is 1. The Morgan fingerprint density at radius 1 is 1.43 bits per heavy atom. The average molecular weight is 294 g/mol. The summed E-state index contributed by atoms with van der Waals surface area (Å²) in [7, 11) is 0. The zero-order valence-corrected chi connectivity index (χ0v) is 11.9. The van der Waals surface area contributed by atoms with Gasteiger partial charge < -0.3 is 15.3 Å². The van der Waals surface area contributed by atoms with Crippen LogP contribution >= 0.6 is 0 Å². The molecule has 2 rings (SSSR count). The minimum atomic E-state index is -0.885. The number of carbonyl (C=O) groups is 2. The lowest BCUT2D eigenvalue weighted by Crippen LogP contribution is -2.41. The van der Waals surface area contributed by atoms with Crippen molar-refractivity contribution in [2.45, 2.75) is 19.8 Å². The highest BCUT2D eigenvalue weighted by atomic mass is 19.1. The van der Waals surface area contributed by atoms with Gasteiger partial charge in [0.1, 0.15) is 5.82 Å². The van der Waals surface area contributed by atoms with Crippen molar-refractivity contribution in [3.8, 4) is 0 Å². The number of hydrogen-bond acceptors (Lipinski definition) is 2. The molecule has 2 N–H and O–H groups in total. The highest BCUT2D eigenvalue weighted by Crippen LogP contribution is 2.29. The minimum Gasteiger partial charge on any atom is -0.481 e. The van der Waals surface area contributed by atoms with Crippen molar-refractivity contribution in [2.24, 2.45) is 5.41 Å². The van der Waals surface area contributed by atoms with Crippen LogP contribution in [0.15, 0.2) is 24.3 Å². The number of hydrogen-bond donors (Lipinski definition) is 2. The summed E-state index contributed by atoms with van der Waals surface area (Å²) in [4.78, 5) is 24.6. The van der Waals surface area contributed by atoms with Gasteiger partial charge in [-0.15, -0.1) is 0 Å². The Kier molecular flexibility index (Phi) is 4.45. The first-order valence-corrected chi connectivity index (χ1v) is 6.92. The zero-order chi connectivity index (χ0) is 15.5. The van der Waals surface area contributed by atoms with Gasteiger partial charge >= 0.3 is 12.0 Å². The van der Waals surface area contributed by atoms with E-state index >= 15 is 0 Å². The first kappa shape index (κ1) is 15.3. The molecule has 0 aromatic heterocycles.